The lowest BCUT2D eigenvalue weighted by molar-refractivity contribution is -0.130. The van der Waals surface area contributed by atoms with Crippen molar-refractivity contribution in [1.29, 1.82) is 0 Å². The molecule has 3 heteroatoms. The van der Waals surface area contributed by atoms with Gasteiger partial charge in [-0.3, -0.25) is 4.79 Å². The lowest BCUT2D eigenvalue weighted by Gasteiger charge is -2.38. The first-order valence-electron chi connectivity index (χ1n) is 6.44. The van der Waals surface area contributed by atoms with Gasteiger partial charge in [0.2, 0.25) is 0 Å². The molecule has 0 aromatic heterocycles. The topological polar surface area (TPSA) is 38.3 Å². The zero-order valence-electron chi connectivity index (χ0n) is 11.3. The molecule has 0 spiro atoms. The van der Waals surface area contributed by atoms with Crippen LogP contribution >= 0.6 is 0 Å². The largest absolute Gasteiger partial charge is 0.496 e. The van der Waals surface area contributed by atoms with Crippen LogP contribution in [0.3, 0.4) is 0 Å². The van der Waals surface area contributed by atoms with Gasteiger partial charge < -0.3 is 10.1 Å². The lowest BCUT2D eigenvalue weighted by atomic mass is 9.74. The van der Waals surface area contributed by atoms with E-state index < -0.39 is 0 Å². The summed E-state index contributed by atoms with van der Waals surface area (Å²) in [7, 11) is 1.68. The summed E-state index contributed by atoms with van der Waals surface area (Å²) in [5, 5.41) is 3.46. The van der Waals surface area contributed by atoms with Gasteiger partial charge in [0.1, 0.15) is 11.5 Å². The number of nitrogens with one attached hydrogen (secondary N) is 1. The van der Waals surface area contributed by atoms with Crippen LogP contribution in [-0.4, -0.2) is 25.5 Å². The SMILES string of the molecule is COc1ccccc1C[C@@H]1NCCC(=O)C1(C)C. The average Bonchev–Trinajstić information content (AvgIpc) is 2.36. The minimum atomic E-state index is -0.306. The van der Waals surface area contributed by atoms with E-state index in [-0.39, 0.29) is 11.5 Å². The highest BCUT2D eigenvalue weighted by molar-refractivity contribution is 5.85. The second-order valence-corrected chi connectivity index (χ2v) is 5.42. The maximum absolute atomic E-state index is 12.0. The molecule has 0 amide bonds. The molecule has 2 rings (SSSR count). The van der Waals surface area contributed by atoms with E-state index in [0.29, 0.717) is 12.2 Å². The number of hydrogen-bond acceptors (Lipinski definition) is 3. The summed E-state index contributed by atoms with van der Waals surface area (Å²) in [6.45, 7) is 4.84. The summed E-state index contributed by atoms with van der Waals surface area (Å²) in [6.07, 6.45) is 1.46. The van der Waals surface area contributed by atoms with E-state index in [4.69, 9.17) is 4.74 Å². The Morgan fingerprint density at radius 2 is 2.11 bits per heavy atom. The van der Waals surface area contributed by atoms with Crippen LogP contribution in [0.25, 0.3) is 0 Å². The second kappa shape index (κ2) is 5.11. The van der Waals surface area contributed by atoms with Gasteiger partial charge in [-0.2, -0.15) is 0 Å². The van der Waals surface area contributed by atoms with Gasteiger partial charge in [0.25, 0.3) is 0 Å². The number of Topliss-reactive ketones (excluding diaryl/α,β-unsaturated/α-hetero) is 1. The molecular formula is C15H21NO2. The van der Waals surface area contributed by atoms with E-state index >= 15 is 0 Å². The molecule has 0 unspecified atom stereocenters. The summed E-state index contributed by atoms with van der Waals surface area (Å²) >= 11 is 0. The van der Waals surface area contributed by atoms with E-state index in [1.807, 2.05) is 32.0 Å². The van der Waals surface area contributed by atoms with Gasteiger partial charge in [0, 0.05) is 24.4 Å². The monoisotopic (exact) mass is 247 g/mol. The van der Waals surface area contributed by atoms with Gasteiger partial charge >= 0.3 is 0 Å². The van der Waals surface area contributed by atoms with Crippen LogP contribution in [0.5, 0.6) is 5.75 Å². The van der Waals surface area contributed by atoms with Crippen LogP contribution in [-0.2, 0) is 11.2 Å². The summed E-state index contributed by atoms with van der Waals surface area (Å²) in [5.74, 6) is 1.24. The quantitative estimate of drug-likeness (QED) is 0.890. The zero-order valence-corrected chi connectivity index (χ0v) is 11.3. The molecule has 3 nitrogen and oxygen atoms in total. The van der Waals surface area contributed by atoms with Crippen LogP contribution in [0.2, 0.25) is 0 Å². The Labute approximate surface area is 109 Å². The standard InChI is InChI=1S/C15H21NO2/c1-15(2)13(16-9-8-14(15)17)10-11-6-4-5-7-12(11)18-3/h4-7,13,16H,8-10H2,1-3H3/t13-/m0/s1. The van der Waals surface area contributed by atoms with Crippen LogP contribution in [0.1, 0.15) is 25.8 Å². The first-order valence-corrected chi connectivity index (χ1v) is 6.44. The summed E-state index contributed by atoms with van der Waals surface area (Å²) in [4.78, 5) is 12.0. The minimum Gasteiger partial charge on any atom is -0.496 e. The molecular weight excluding hydrogens is 226 g/mol. The molecule has 1 heterocycles. The number of ketones is 1. The smallest absolute Gasteiger partial charge is 0.141 e. The molecule has 1 aliphatic heterocycles. The third-order valence-electron chi connectivity index (χ3n) is 3.95. The number of para-hydroxylation sites is 1. The fourth-order valence-corrected chi connectivity index (χ4v) is 2.55. The molecule has 1 N–H and O–H groups in total. The zero-order chi connectivity index (χ0) is 13.2. The van der Waals surface area contributed by atoms with Crippen molar-refractivity contribution in [3.8, 4) is 5.75 Å². The molecule has 0 bridgehead atoms. The maximum atomic E-state index is 12.0. The number of rotatable bonds is 3. The number of carbonyl (C=O) groups is 1. The van der Waals surface area contributed by atoms with Gasteiger partial charge in [-0.25, -0.2) is 0 Å². The van der Waals surface area contributed by atoms with Crippen molar-refractivity contribution in [2.75, 3.05) is 13.7 Å². The van der Waals surface area contributed by atoms with Gasteiger partial charge in [-0.1, -0.05) is 32.0 Å². The Bertz CT molecular complexity index is 440. The molecule has 1 atom stereocenters. The Morgan fingerprint density at radius 1 is 1.39 bits per heavy atom. The van der Waals surface area contributed by atoms with Crippen molar-refractivity contribution in [3.63, 3.8) is 0 Å². The van der Waals surface area contributed by atoms with Crippen LogP contribution in [0, 0.1) is 5.41 Å². The minimum absolute atomic E-state index is 0.176. The van der Waals surface area contributed by atoms with Crippen molar-refractivity contribution in [2.24, 2.45) is 5.41 Å². The van der Waals surface area contributed by atoms with Gasteiger partial charge in [-0.15, -0.1) is 0 Å². The molecule has 0 radical (unpaired) electrons. The molecule has 1 fully saturated rings. The van der Waals surface area contributed by atoms with Crippen molar-refractivity contribution < 1.29 is 9.53 Å². The molecule has 18 heavy (non-hydrogen) atoms. The molecule has 0 aliphatic carbocycles. The summed E-state index contributed by atoms with van der Waals surface area (Å²) < 4.78 is 5.37. The van der Waals surface area contributed by atoms with Crippen molar-refractivity contribution in [2.45, 2.75) is 32.7 Å². The highest BCUT2D eigenvalue weighted by atomic mass is 16.5. The Hall–Kier alpha value is -1.35. The highest BCUT2D eigenvalue weighted by Crippen LogP contribution is 2.31. The molecule has 98 valence electrons. The lowest BCUT2D eigenvalue weighted by Crippen LogP contribution is -2.53. The van der Waals surface area contributed by atoms with Crippen molar-refractivity contribution in [3.05, 3.63) is 29.8 Å². The Balaban J connectivity index is 2.20. The first-order chi connectivity index (χ1) is 8.55. The number of benzene rings is 1. The molecule has 0 saturated carbocycles. The van der Waals surface area contributed by atoms with E-state index in [1.165, 1.54) is 0 Å². The van der Waals surface area contributed by atoms with E-state index in [0.717, 1.165) is 24.3 Å². The highest BCUT2D eigenvalue weighted by Gasteiger charge is 2.39. The van der Waals surface area contributed by atoms with Crippen LogP contribution in [0.15, 0.2) is 24.3 Å². The third-order valence-corrected chi connectivity index (χ3v) is 3.95. The van der Waals surface area contributed by atoms with E-state index in [1.54, 1.807) is 7.11 Å². The number of methoxy groups -OCH3 is 1. The Kier molecular flexibility index (Phi) is 3.71. The Morgan fingerprint density at radius 3 is 2.83 bits per heavy atom. The maximum Gasteiger partial charge on any atom is 0.141 e. The predicted octanol–water partition coefficient (Wildman–Crippen LogP) is 2.19. The number of piperidine rings is 1. The summed E-state index contributed by atoms with van der Waals surface area (Å²) in [5.41, 5.74) is 0.847. The van der Waals surface area contributed by atoms with Gasteiger partial charge in [0.15, 0.2) is 0 Å². The van der Waals surface area contributed by atoms with Crippen LogP contribution < -0.4 is 10.1 Å². The fraction of sp³-hybridized carbons (Fsp3) is 0.533. The normalized spacial score (nSPS) is 22.8. The van der Waals surface area contributed by atoms with Crippen molar-refractivity contribution >= 4 is 5.78 Å². The molecule has 1 saturated heterocycles. The third kappa shape index (κ3) is 2.41. The van der Waals surface area contributed by atoms with Crippen LogP contribution in [0.4, 0.5) is 0 Å². The van der Waals surface area contributed by atoms with E-state index in [9.17, 15) is 4.79 Å². The molecule has 1 aromatic carbocycles. The molecule has 1 aromatic rings. The second-order valence-electron chi connectivity index (χ2n) is 5.42. The van der Waals surface area contributed by atoms with Crippen molar-refractivity contribution in [1.82, 2.24) is 5.32 Å². The van der Waals surface area contributed by atoms with Gasteiger partial charge in [0.05, 0.1) is 7.11 Å². The van der Waals surface area contributed by atoms with E-state index in [2.05, 4.69) is 11.4 Å². The first kappa shape index (κ1) is 13.1. The van der Waals surface area contributed by atoms with Gasteiger partial charge in [-0.05, 0) is 18.1 Å². The summed E-state index contributed by atoms with van der Waals surface area (Å²) in [6, 6.07) is 8.18. The number of ether oxygens (including phenoxy) is 1. The number of carbonyl (C=O) groups excluding carboxylic acids is 1. The molecule has 1 aliphatic rings. The predicted molar refractivity (Wildman–Crippen MR) is 71.9 cm³/mol. The number of hydrogen-bond donors (Lipinski definition) is 1. The fourth-order valence-electron chi connectivity index (χ4n) is 2.55. The average molecular weight is 247 g/mol.